The van der Waals surface area contributed by atoms with E-state index < -0.39 is 5.82 Å². The second kappa shape index (κ2) is 6.70. The number of anilines is 1. The number of amides is 1. The van der Waals surface area contributed by atoms with Crippen molar-refractivity contribution in [1.29, 1.82) is 0 Å². The van der Waals surface area contributed by atoms with Crippen molar-refractivity contribution in [2.24, 2.45) is 0 Å². The second-order valence-electron chi connectivity index (χ2n) is 5.30. The monoisotopic (exact) mass is 280 g/mol. The van der Waals surface area contributed by atoms with Gasteiger partial charge in [0.2, 0.25) is 5.91 Å². The van der Waals surface area contributed by atoms with Crippen molar-refractivity contribution in [2.75, 3.05) is 11.9 Å². The Hall–Kier alpha value is -1.62. The summed E-state index contributed by atoms with van der Waals surface area (Å²) in [5.41, 5.74) is 0.193. The van der Waals surface area contributed by atoms with E-state index in [2.05, 4.69) is 10.6 Å². The Morgan fingerprint density at radius 2 is 2.25 bits per heavy atom. The highest BCUT2D eigenvalue weighted by molar-refractivity contribution is 5.95. The fourth-order valence-electron chi connectivity index (χ4n) is 2.24. The van der Waals surface area contributed by atoms with Crippen LogP contribution in [0, 0.1) is 5.82 Å². The van der Waals surface area contributed by atoms with Gasteiger partial charge in [0.1, 0.15) is 11.6 Å². The van der Waals surface area contributed by atoms with E-state index in [1.54, 1.807) is 6.07 Å². The zero-order valence-corrected chi connectivity index (χ0v) is 11.9. The van der Waals surface area contributed by atoms with Gasteiger partial charge in [-0.1, -0.05) is 6.42 Å². The Bertz CT molecular complexity index is 471. The van der Waals surface area contributed by atoms with Gasteiger partial charge in [-0.2, -0.15) is 0 Å². The lowest BCUT2D eigenvalue weighted by Crippen LogP contribution is -2.43. The van der Waals surface area contributed by atoms with Gasteiger partial charge in [-0.15, -0.1) is 0 Å². The molecule has 1 aliphatic rings. The largest absolute Gasteiger partial charge is 0.491 e. The molecule has 1 aliphatic heterocycles. The predicted molar refractivity (Wildman–Crippen MR) is 76.4 cm³/mol. The molecule has 1 amide bonds. The minimum absolute atomic E-state index is 0.0127. The number of piperidine rings is 1. The molecule has 1 saturated heterocycles. The Morgan fingerprint density at radius 3 is 2.85 bits per heavy atom. The number of carbonyl (C=O) groups is 1. The van der Waals surface area contributed by atoms with Crippen molar-refractivity contribution < 1.29 is 13.9 Å². The van der Waals surface area contributed by atoms with Gasteiger partial charge >= 0.3 is 0 Å². The average molecular weight is 280 g/mol. The van der Waals surface area contributed by atoms with E-state index in [0.29, 0.717) is 5.75 Å². The Morgan fingerprint density at radius 1 is 1.45 bits per heavy atom. The smallest absolute Gasteiger partial charge is 0.241 e. The van der Waals surface area contributed by atoms with Crippen LogP contribution in [0.15, 0.2) is 18.2 Å². The summed E-state index contributed by atoms with van der Waals surface area (Å²) in [6.07, 6.45) is 2.89. The van der Waals surface area contributed by atoms with Gasteiger partial charge in [0.15, 0.2) is 0 Å². The van der Waals surface area contributed by atoms with Crippen molar-refractivity contribution in [3.63, 3.8) is 0 Å². The molecule has 2 rings (SSSR count). The molecular formula is C15H21FN2O2. The van der Waals surface area contributed by atoms with Crippen molar-refractivity contribution in [3.05, 3.63) is 24.0 Å². The molecule has 1 heterocycles. The van der Waals surface area contributed by atoms with Crippen LogP contribution in [-0.4, -0.2) is 24.6 Å². The number of rotatable bonds is 4. The molecule has 20 heavy (non-hydrogen) atoms. The molecule has 1 aromatic carbocycles. The molecule has 0 aliphatic carbocycles. The highest BCUT2D eigenvalue weighted by atomic mass is 19.1. The van der Waals surface area contributed by atoms with E-state index in [4.69, 9.17) is 4.74 Å². The zero-order chi connectivity index (χ0) is 14.5. The Balaban J connectivity index is 2.00. The van der Waals surface area contributed by atoms with Crippen LogP contribution in [0.4, 0.5) is 10.1 Å². The standard InChI is InChI=1S/C15H21FN2O2/c1-10(2)20-11-6-7-13(12(16)9-11)18-15(19)14-5-3-4-8-17-14/h6-7,9-10,14,17H,3-5,8H2,1-2H3,(H,18,19). The summed E-state index contributed by atoms with van der Waals surface area (Å²) in [6, 6.07) is 4.26. The third kappa shape index (κ3) is 3.93. The Labute approximate surface area is 118 Å². The van der Waals surface area contributed by atoms with Crippen molar-refractivity contribution >= 4 is 11.6 Å². The number of carbonyl (C=O) groups excluding carboxylic acids is 1. The molecule has 4 nitrogen and oxygen atoms in total. The molecule has 1 fully saturated rings. The van der Waals surface area contributed by atoms with Crippen LogP contribution < -0.4 is 15.4 Å². The molecule has 0 aromatic heterocycles. The average Bonchev–Trinajstić information content (AvgIpc) is 2.42. The number of ether oxygens (including phenoxy) is 1. The molecule has 1 atom stereocenters. The minimum atomic E-state index is -0.479. The molecule has 0 bridgehead atoms. The summed E-state index contributed by atoms with van der Waals surface area (Å²) in [5.74, 6) is -0.195. The third-order valence-electron chi connectivity index (χ3n) is 3.20. The van der Waals surface area contributed by atoms with Gasteiger partial charge in [0, 0.05) is 6.07 Å². The van der Waals surface area contributed by atoms with Gasteiger partial charge in [-0.25, -0.2) is 4.39 Å². The van der Waals surface area contributed by atoms with Gasteiger partial charge in [-0.05, 0) is 45.4 Å². The number of halogens is 1. The summed E-state index contributed by atoms with van der Waals surface area (Å²) < 4.78 is 19.3. The van der Waals surface area contributed by atoms with E-state index in [1.165, 1.54) is 12.1 Å². The lowest BCUT2D eigenvalue weighted by Gasteiger charge is -2.22. The van der Waals surface area contributed by atoms with Crippen LogP contribution in [-0.2, 0) is 4.79 Å². The summed E-state index contributed by atoms with van der Waals surface area (Å²) in [7, 11) is 0. The SMILES string of the molecule is CC(C)Oc1ccc(NC(=O)C2CCCCN2)c(F)c1. The Kier molecular flexibility index (Phi) is 4.95. The summed E-state index contributed by atoms with van der Waals surface area (Å²) >= 11 is 0. The van der Waals surface area contributed by atoms with E-state index >= 15 is 0 Å². The first-order valence-corrected chi connectivity index (χ1v) is 7.06. The zero-order valence-electron chi connectivity index (χ0n) is 11.9. The van der Waals surface area contributed by atoms with E-state index in [1.807, 2.05) is 13.8 Å². The lowest BCUT2D eigenvalue weighted by atomic mass is 10.0. The van der Waals surface area contributed by atoms with Crippen LogP contribution in [0.1, 0.15) is 33.1 Å². The normalized spacial score (nSPS) is 18.9. The molecule has 1 aromatic rings. The molecule has 0 spiro atoms. The summed E-state index contributed by atoms with van der Waals surface area (Å²) in [5, 5.41) is 5.77. The molecular weight excluding hydrogens is 259 g/mol. The number of hydrogen-bond acceptors (Lipinski definition) is 3. The summed E-state index contributed by atoms with van der Waals surface area (Å²) in [6.45, 7) is 4.59. The molecule has 0 radical (unpaired) electrons. The van der Waals surface area contributed by atoms with Crippen LogP contribution >= 0.6 is 0 Å². The van der Waals surface area contributed by atoms with E-state index in [0.717, 1.165) is 25.8 Å². The molecule has 110 valence electrons. The number of hydrogen-bond donors (Lipinski definition) is 2. The number of nitrogens with one attached hydrogen (secondary N) is 2. The second-order valence-corrected chi connectivity index (χ2v) is 5.30. The van der Waals surface area contributed by atoms with Crippen molar-refractivity contribution in [2.45, 2.75) is 45.3 Å². The third-order valence-corrected chi connectivity index (χ3v) is 3.20. The van der Waals surface area contributed by atoms with Crippen LogP contribution in [0.3, 0.4) is 0 Å². The fourth-order valence-corrected chi connectivity index (χ4v) is 2.24. The van der Waals surface area contributed by atoms with Gasteiger partial charge in [-0.3, -0.25) is 4.79 Å². The highest BCUT2D eigenvalue weighted by Gasteiger charge is 2.21. The fraction of sp³-hybridized carbons (Fsp3) is 0.533. The van der Waals surface area contributed by atoms with E-state index in [-0.39, 0.29) is 23.7 Å². The lowest BCUT2D eigenvalue weighted by molar-refractivity contribution is -0.118. The maximum absolute atomic E-state index is 13.9. The van der Waals surface area contributed by atoms with Gasteiger partial charge in [0.25, 0.3) is 0 Å². The van der Waals surface area contributed by atoms with Crippen LogP contribution in [0.5, 0.6) is 5.75 Å². The predicted octanol–water partition coefficient (Wildman–Crippen LogP) is 2.69. The molecule has 0 saturated carbocycles. The number of benzene rings is 1. The topological polar surface area (TPSA) is 50.4 Å². The van der Waals surface area contributed by atoms with Gasteiger partial charge in [0.05, 0.1) is 17.8 Å². The first-order valence-electron chi connectivity index (χ1n) is 7.06. The molecule has 1 unspecified atom stereocenters. The quantitative estimate of drug-likeness (QED) is 0.891. The maximum Gasteiger partial charge on any atom is 0.241 e. The summed E-state index contributed by atoms with van der Waals surface area (Å²) in [4.78, 5) is 12.0. The maximum atomic E-state index is 13.9. The first kappa shape index (κ1) is 14.8. The molecule has 2 N–H and O–H groups in total. The van der Waals surface area contributed by atoms with Crippen molar-refractivity contribution in [1.82, 2.24) is 5.32 Å². The van der Waals surface area contributed by atoms with Crippen LogP contribution in [0.2, 0.25) is 0 Å². The first-order chi connectivity index (χ1) is 9.56. The van der Waals surface area contributed by atoms with Crippen LogP contribution in [0.25, 0.3) is 0 Å². The highest BCUT2D eigenvalue weighted by Crippen LogP contribution is 2.22. The van der Waals surface area contributed by atoms with Crippen molar-refractivity contribution in [3.8, 4) is 5.75 Å². The molecule has 5 heteroatoms. The minimum Gasteiger partial charge on any atom is -0.491 e. The van der Waals surface area contributed by atoms with Gasteiger partial charge < -0.3 is 15.4 Å². The van der Waals surface area contributed by atoms with E-state index in [9.17, 15) is 9.18 Å².